The number of nitrogens with two attached hydrogens (primary N) is 1. The standard InChI is InChI=1S/C10H13ClN2O2/c1-15-10(14)6-5-7(12)8-3-2-4-9(11)13-8/h2-4,7H,5-6,12H2,1H3. The highest BCUT2D eigenvalue weighted by Crippen LogP contribution is 2.15. The van der Waals surface area contributed by atoms with Gasteiger partial charge in [-0.25, -0.2) is 4.98 Å². The minimum absolute atomic E-state index is 0.271. The average molecular weight is 229 g/mol. The lowest BCUT2D eigenvalue weighted by Crippen LogP contribution is -2.14. The van der Waals surface area contributed by atoms with E-state index in [1.807, 2.05) is 0 Å². The Morgan fingerprint density at radius 2 is 2.40 bits per heavy atom. The van der Waals surface area contributed by atoms with E-state index in [4.69, 9.17) is 17.3 Å². The zero-order valence-corrected chi connectivity index (χ0v) is 9.20. The predicted octanol–water partition coefficient (Wildman–Crippen LogP) is 1.69. The molecular weight excluding hydrogens is 216 g/mol. The third-order valence-corrected chi connectivity index (χ3v) is 2.21. The molecule has 1 aromatic rings. The summed E-state index contributed by atoms with van der Waals surface area (Å²) in [6.45, 7) is 0. The summed E-state index contributed by atoms with van der Waals surface area (Å²) in [5.41, 5.74) is 6.52. The van der Waals surface area contributed by atoms with Crippen LogP contribution >= 0.6 is 11.6 Å². The lowest BCUT2D eigenvalue weighted by Gasteiger charge is -2.09. The molecule has 0 spiro atoms. The number of halogens is 1. The molecule has 0 saturated heterocycles. The fourth-order valence-corrected chi connectivity index (χ4v) is 1.32. The fourth-order valence-electron chi connectivity index (χ4n) is 1.15. The number of aromatic nitrogens is 1. The quantitative estimate of drug-likeness (QED) is 0.629. The molecule has 4 nitrogen and oxygen atoms in total. The minimum Gasteiger partial charge on any atom is -0.469 e. The van der Waals surface area contributed by atoms with Crippen LogP contribution in [0.4, 0.5) is 0 Å². The highest BCUT2D eigenvalue weighted by atomic mass is 35.5. The topological polar surface area (TPSA) is 65.2 Å². The van der Waals surface area contributed by atoms with E-state index in [0.29, 0.717) is 17.3 Å². The maximum atomic E-state index is 10.9. The van der Waals surface area contributed by atoms with Gasteiger partial charge in [0.15, 0.2) is 0 Å². The Bertz CT molecular complexity index is 344. The number of methoxy groups -OCH3 is 1. The summed E-state index contributed by atoms with van der Waals surface area (Å²) in [5.74, 6) is -0.271. The molecular formula is C10H13ClN2O2. The van der Waals surface area contributed by atoms with Gasteiger partial charge < -0.3 is 10.5 Å². The summed E-state index contributed by atoms with van der Waals surface area (Å²) in [6, 6.07) is 4.96. The van der Waals surface area contributed by atoms with Crippen molar-refractivity contribution in [2.45, 2.75) is 18.9 Å². The van der Waals surface area contributed by atoms with Crippen molar-refractivity contribution in [3.8, 4) is 0 Å². The molecule has 1 unspecified atom stereocenters. The maximum absolute atomic E-state index is 10.9. The van der Waals surface area contributed by atoms with Crippen LogP contribution in [0.1, 0.15) is 24.6 Å². The lowest BCUT2D eigenvalue weighted by atomic mass is 10.1. The van der Waals surface area contributed by atoms with E-state index in [2.05, 4.69) is 9.72 Å². The van der Waals surface area contributed by atoms with Gasteiger partial charge in [0, 0.05) is 12.5 Å². The van der Waals surface area contributed by atoms with Crippen LogP contribution in [0.15, 0.2) is 18.2 Å². The fraction of sp³-hybridized carbons (Fsp3) is 0.400. The predicted molar refractivity (Wildman–Crippen MR) is 57.4 cm³/mol. The normalized spacial score (nSPS) is 12.2. The Hall–Kier alpha value is -1.13. The Labute approximate surface area is 93.4 Å². The second-order valence-corrected chi connectivity index (χ2v) is 3.49. The third kappa shape index (κ3) is 3.85. The molecule has 0 bridgehead atoms. The van der Waals surface area contributed by atoms with Crippen LogP contribution in [-0.4, -0.2) is 18.1 Å². The number of rotatable bonds is 4. The van der Waals surface area contributed by atoms with Gasteiger partial charge >= 0.3 is 5.97 Å². The molecule has 2 N–H and O–H groups in total. The van der Waals surface area contributed by atoms with Gasteiger partial charge in [-0.1, -0.05) is 17.7 Å². The SMILES string of the molecule is COC(=O)CCC(N)c1cccc(Cl)n1. The first kappa shape index (κ1) is 11.9. The van der Waals surface area contributed by atoms with Crippen LogP contribution in [0.2, 0.25) is 5.15 Å². The van der Waals surface area contributed by atoms with Gasteiger partial charge in [0.05, 0.1) is 12.8 Å². The molecule has 82 valence electrons. The van der Waals surface area contributed by atoms with Gasteiger partial charge in [-0.3, -0.25) is 4.79 Å². The highest BCUT2D eigenvalue weighted by molar-refractivity contribution is 6.29. The van der Waals surface area contributed by atoms with Crippen molar-refractivity contribution in [1.29, 1.82) is 0 Å². The average Bonchev–Trinajstić information content (AvgIpc) is 2.25. The zero-order chi connectivity index (χ0) is 11.3. The van der Waals surface area contributed by atoms with Gasteiger partial charge in [0.1, 0.15) is 5.15 Å². The van der Waals surface area contributed by atoms with E-state index in [1.54, 1.807) is 18.2 Å². The van der Waals surface area contributed by atoms with Gasteiger partial charge in [0.25, 0.3) is 0 Å². The summed E-state index contributed by atoms with van der Waals surface area (Å²) < 4.78 is 4.52. The first-order chi connectivity index (χ1) is 7.13. The number of carbonyl (C=O) groups is 1. The van der Waals surface area contributed by atoms with Crippen molar-refractivity contribution in [2.75, 3.05) is 7.11 Å². The number of hydrogen-bond acceptors (Lipinski definition) is 4. The summed E-state index contributed by atoms with van der Waals surface area (Å²) in [7, 11) is 1.35. The van der Waals surface area contributed by atoms with Crippen LogP contribution in [-0.2, 0) is 9.53 Å². The molecule has 1 atom stereocenters. The summed E-state index contributed by atoms with van der Waals surface area (Å²) >= 11 is 5.72. The Morgan fingerprint density at radius 1 is 1.67 bits per heavy atom. The Morgan fingerprint density at radius 3 is 3.00 bits per heavy atom. The van der Waals surface area contributed by atoms with Crippen LogP contribution < -0.4 is 5.73 Å². The number of nitrogens with zero attached hydrogens (tertiary/aromatic N) is 1. The van der Waals surface area contributed by atoms with E-state index in [-0.39, 0.29) is 18.4 Å². The first-order valence-corrected chi connectivity index (χ1v) is 4.96. The van der Waals surface area contributed by atoms with Gasteiger partial charge in [-0.2, -0.15) is 0 Å². The number of ether oxygens (including phenoxy) is 1. The number of carbonyl (C=O) groups excluding carboxylic acids is 1. The van der Waals surface area contributed by atoms with Gasteiger partial charge in [0.2, 0.25) is 0 Å². The van der Waals surface area contributed by atoms with E-state index in [0.717, 1.165) is 0 Å². The van der Waals surface area contributed by atoms with Crippen molar-refractivity contribution < 1.29 is 9.53 Å². The maximum Gasteiger partial charge on any atom is 0.305 e. The molecule has 1 rings (SSSR count). The monoisotopic (exact) mass is 228 g/mol. The molecule has 0 radical (unpaired) electrons. The Balaban J connectivity index is 2.53. The lowest BCUT2D eigenvalue weighted by molar-refractivity contribution is -0.140. The molecule has 0 aliphatic heterocycles. The van der Waals surface area contributed by atoms with Crippen LogP contribution in [0.5, 0.6) is 0 Å². The summed E-state index contributed by atoms with van der Waals surface area (Å²) in [6.07, 6.45) is 0.784. The van der Waals surface area contributed by atoms with Crippen molar-refractivity contribution in [3.63, 3.8) is 0 Å². The molecule has 1 heterocycles. The van der Waals surface area contributed by atoms with Crippen molar-refractivity contribution in [2.24, 2.45) is 5.73 Å². The highest BCUT2D eigenvalue weighted by Gasteiger charge is 2.10. The number of esters is 1. The van der Waals surface area contributed by atoms with Crippen LogP contribution in [0, 0.1) is 0 Å². The summed E-state index contributed by atoms with van der Waals surface area (Å²) in [5, 5.41) is 0.404. The number of pyridine rings is 1. The second-order valence-electron chi connectivity index (χ2n) is 3.11. The molecule has 0 aliphatic carbocycles. The van der Waals surface area contributed by atoms with E-state index < -0.39 is 0 Å². The largest absolute Gasteiger partial charge is 0.469 e. The van der Waals surface area contributed by atoms with Gasteiger partial charge in [-0.05, 0) is 18.6 Å². The third-order valence-electron chi connectivity index (χ3n) is 2.00. The van der Waals surface area contributed by atoms with E-state index in [9.17, 15) is 4.79 Å². The molecule has 0 fully saturated rings. The van der Waals surface area contributed by atoms with E-state index in [1.165, 1.54) is 7.11 Å². The van der Waals surface area contributed by atoms with Crippen molar-refractivity contribution >= 4 is 17.6 Å². The second kappa shape index (κ2) is 5.68. The Kier molecular flexibility index (Phi) is 4.52. The molecule has 0 aliphatic rings. The van der Waals surface area contributed by atoms with Crippen molar-refractivity contribution in [3.05, 3.63) is 29.0 Å². The number of hydrogen-bond donors (Lipinski definition) is 1. The smallest absolute Gasteiger partial charge is 0.305 e. The minimum atomic E-state index is -0.289. The molecule has 0 aromatic carbocycles. The van der Waals surface area contributed by atoms with Crippen LogP contribution in [0.25, 0.3) is 0 Å². The van der Waals surface area contributed by atoms with Crippen LogP contribution in [0.3, 0.4) is 0 Å². The molecule has 5 heteroatoms. The molecule has 1 aromatic heterocycles. The summed E-state index contributed by atoms with van der Waals surface area (Å²) in [4.78, 5) is 15.0. The van der Waals surface area contributed by atoms with Crippen molar-refractivity contribution in [1.82, 2.24) is 4.98 Å². The van der Waals surface area contributed by atoms with E-state index >= 15 is 0 Å². The first-order valence-electron chi connectivity index (χ1n) is 4.58. The van der Waals surface area contributed by atoms with Gasteiger partial charge in [-0.15, -0.1) is 0 Å². The molecule has 15 heavy (non-hydrogen) atoms. The zero-order valence-electron chi connectivity index (χ0n) is 8.44. The molecule has 0 saturated carbocycles. The molecule has 0 amide bonds.